The Kier molecular flexibility index (Phi) is 4.55. The Morgan fingerprint density at radius 1 is 1.37 bits per heavy atom. The molecule has 0 aromatic carbocycles. The summed E-state index contributed by atoms with van der Waals surface area (Å²) >= 11 is 11.7. The maximum atomic E-state index is 10.6. The zero-order valence-corrected chi connectivity index (χ0v) is 11.8. The van der Waals surface area contributed by atoms with E-state index < -0.39 is 0 Å². The van der Waals surface area contributed by atoms with Gasteiger partial charge in [-0.2, -0.15) is 4.98 Å². The van der Waals surface area contributed by atoms with E-state index in [9.17, 15) is 4.79 Å². The summed E-state index contributed by atoms with van der Waals surface area (Å²) in [6.07, 6.45) is 3.25. The van der Waals surface area contributed by atoms with Crippen molar-refractivity contribution in [1.29, 1.82) is 0 Å². The van der Waals surface area contributed by atoms with Gasteiger partial charge in [-0.05, 0) is 24.4 Å². The fourth-order valence-electron chi connectivity index (χ4n) is 1.65. The van der Waals surface area contributed by atoms with E-state index >= 15 is 0 Å². The van der Waals surface area contributed by atoms with Gasteiger partial charge in [0.05, 0.1) is 12.9 Å². The highest BCUT2D eigenvalue weighted by Crippen LogP contribution is 2.20. The third-order valence-corrected chi connectivity index (χ3v) is 2.93. The van der Waals surface area contributed by atoms with Crippen molar-refractivity contribution in [3.8, 4) is 0 Å². The van der Waals surface area contributed by atoms with Crippen molar-refractivity contribution in [2.75, 3.05) is 6.61 Å². The first-order valence-corrected chi connectivity index (χ1v) is 6.51. The number of fused-ring (bicyclic) bond motifs is 1. The minimum Gasteiger partial charge on any atom is -0.466 e. The van der Waals surface area contributed by atoms with Crippen LogP contribution in [0.4, 0.5) is 0 Å². The number of hydrogen-bond donors (Lipinski definition) is 0. The highest BCUT2D eigenvalue weighted by Gasteiger charge is 2.10. The maximum Gasteiger partial charge on any atom is 0.302 e. The molecular formula is C11H12Cl2N4O2. The number of esters is 1. The highest BCUT2D eigenvalue weighted by atomic mass is 35.5. The minimum absolute atomic E-state index is 0.0964. The molecule has 0 unspecified atom stereocenters. The largest absolute Gasteiger partial charge is 0.466 e. The molecule has 0 spiro atoms. The van der Waals surface area contributed by atoms with Crippen LogP contribution >= 0.6 is 23.2 Å². The van der Waals surface area contributed by atoms with E-state index in [4.69, 9.17) is 27.9 Å². The Morgan fingerprint density at radius 2 is 2.16 bits per heavy atom. The number of nitrogens with zero attached hydrogens (tertiary/aromatic N) is 4. The van der Waals surface area contributed by atoms with Crippen LogP contribution < -0.4 is 0 Å². The standard InChI is InChI=1S/C11H12Cl2N4O2/c1-7(18)19-5-3-2-4-17-6-14-8-9(12)15-11(13)16-10(8)17/h6H,2-5H2,1H3. The molecule has 8 heteroatoms. The van der Waals surface area contributed by atoms with Crippen LogP contribution in [-0.2, 0) is 16.1 Å². The molecule has 2 aromatic heterocycles. The van der Waals surface area contributed by atoms with E-state index in [1.54, 1.807) is 6.33 Å². The van der Waals surface area contributed by atoms with Crippen LogP contribution in [0.25, 0.3) is 11.2 Å². The minimum atomic E-state index is -0.264. The fourth-order valence-corrected chi connectivity index (χ4v) is 2.07. The Hall–Kier alpha value is -1.40. The molecule has 0 aliphatic heterocycles. The van der Waals surface area contributed by atoms with Crippen molar-refractivity contribution < 1.29 is 9.53 Å². The summed E-state index contributed by atoms with van der Waals surface area (Å²) in [4.78, 5) is 22.7. The molecule has 102 valence electrons. The first-order chi connectivity index (χ1) is 9.08. The van der Waals surface area contributed by atoms with Gasteiger partial charge in [-0.3, -0.25) is 4.79 Å². The molecule has 0 fully saturated rings. The molecule has 0 saturated heterocycles. The van der Waals surface area contributed by atoms with Gasteiger partial charge in [-0.25, -0.2) is 9.97 Å². The molecule has 2 aromatic rings. The number of halogens is 2. The molecule has 2 heterocycles. The third-order valence-electron chi connectivity index (χ3n) is 2.49. The summed E-state index contributed by atoms with van der Waals surface area (Å²) in [5.74, 6) is -0.264. The predicted molar refractivity (Wildman–Crippen MR) is 71.2 cm³/mol. The van der Waals surface area contributed by atoms with E-state index in [2.05, 4.69) is 15.0 Å². The van der Waals surface area contributed by atoms with Crippen molar-refractivity contribution in [2.45, 2.75) is 26.3 Å². The van der Waals surface area contributed by atoms with Gasteiger partial charge in [0.25, 0.3) is 0 Å². The maximum absolute atomic E-state index is 10.6. The normalized spacial score (nSPS) is 10.9. The van der Waals surface area contributed by atoms with Gasteiger partial charge in [0.2, 0.25) is 5.28 Å². The van der Waals surface area contributed by atoms with Gasteiger partial charge >= 0.3 is 5.97 Å². The number of ether oxygens (including phenoxy) is 1. The van der Waals surface area contributed by atoms with Crippen molar-refractivity contribution in [1.82, 2.24) is 19.5 Å². The van der Waals surface area contributed by atoms with Gasteiger partial charge < -0.3 is 9.30 Å². The second kappa shape index (κ2) is 6.16. The lowest BCUT2D eigenvalue weighted by Gasteiger charge is -2.04. The lowest BCUT2D eigenvalue weighted by molar-refractivity contribution is -0.141. The summed E-state index contributed by atoms with van der Waals surface area (Å²) in [6.45, 7) is 2.50. The SMILES string of the molecule is CC(=O)OCCCCn1cnc2c(Cl)nc(Cl)nc21. The predicted octanol–water partition coefficient (Wildman–Crippen LogP) is 2.48. The van der Waals surface area contributed by atoms with Gasteiger partial charge in [0.15, 0.2) is 10.8 Å². The monoisotopic (exact) mass is 302 g/mol. The molecular weight excluding hydrogens is 291 g/mol. The molecule has 0 aliphatic carbocycles. The molecule has 0 N–H and O–H groups in total. The summed E-state index contributed by atoms with van der Waals surface area (Å²) < 4.78 is 6.71. The number of unbranched alkanes of at least 4 members (excludes halogenated alkanes) is 1. The number of carbonyl (C=O) groups excluding carboxylic acids is 1. The van der Waals surface area contributed by atoms with Crippen molar-refractivity contribution in [2.24, 2.45) is 0 Å². The molecule has 19 heavy (non-hydrogen) atoms. The van der Waals surface area contributed by atoms with E-state index in [1.807, 2.05) is 4.57 Å². The molecule has 2 rings (SSSR count). The molecule has 0 atom stereocenters. The van der Waals surface area contributed by atoms with E-state index in [0.717, 1.165) is 12.8 Å². The van der Waals surface area contributed by atoms with Crippen LogP contribution in [0.15, 0.2) is 6.33 Å². The van der Waals surface area contributed by atoms with E-state index in [-0.39, 0.29) is 16.4 Å². The molecule has 0 saturated carbocycles. The van der Waals surface area contributed by atoms with Crippen molar-refractivity contribution >= 4 is 40.3 Å². The quantitative estimate of drug-likeness (QED) is 0.367. The van der Waals surface area contributed by atoms with Gasteiger partial charge in [-0.15, -0.1) is 0 Å². The van der Waals surface area contributed by atoms with Crippen LogP contribution in [-0.4, -0.2) is 32.1 Å². The second-order valence-electron chi connectivity index (χ2n) is 3.94. The zero-order valence-electron chi connectivity index (χ0n) is 10.3. The zero-order chi connectivity index (χ0) is 13.8. The second-order valence-corrected chi connectivity index (χ2v) is 4.64. The fraction of sp³-hybridized carbons (Fsp3) is 0.455. The number of aryl methyl sites for hydroxylation is 1. The number of aromatic nitrogens is 4. The smallest absolute Gasteiger partial charge is 0.302 e. The van der Waals surface area contributed by atoms with Crippen LogP contribution in [0.5, 0.6) is 0 Å². The number of rotatable bonds is 5. The van der Waals surface area contributed by atoms with Gasteiger partial charge in [0.1, 0.15) is 5.52 Å². The average molecular weight is 303 g/mol. The Bertz CT molecular complexity index is 600. The van der Waals surface area contributed by atoms with Gasteiger partial charge in [0, 0.05) is 13.5 Å². The Balaban J connectivity index is 1.99. The Labute approximate surface area is 119 Å². The van der Waals surface area contributed by atoms with Crippen LogP contribution in [0.1, 0.15) is 19.8 Å². The first-order valence-electron chi connectivity index (χ1n) is 5.75. The lowest BCUT2D eigenvalue weighted by Crippen LogP contribution is -2.03. The average Bonchev–Trinajstić information content (AvgIpc) is 2.72. The van der Waals surface area contributed by atoms with Crippen molar-refractivity contribution in [3.63, 3.8) is 0 Å². The number of hydrogen-bond acceptors (Lipinski definition) is 5. The van der Waals surface area contributed by atoms with E-state index in [0.29, 0.717) is 24.3 Å². The summed E-state index contributed by atoms with van der Waals surface area (Å²) in [6, 6.07) is 0. The number of imidazole rings is 1. The highest BCUT2D eigenvalue weighted by molar-refractivity contribution is 6.35. The molecule has 0 bridgehead atoms. The summed E-state index contributed by atoms with van der Waals surface area (Å²) in [5.41, 5.74) is 1.14. The lowest BCUT2D eigenvalue weighted by atomic mass is 10.3. The third kappa shape index (κ3) is 3.54. The molecule has 6 nitrogen and oxygen atoms in total. The van der Waals surface area contributed by atoms with Gasteiger partial charge in [-0.1, -0.05) is 11.6 Å². The van der Waals surface area contributed by atoms with Crippen LogP contribution in [0, 0.1) is 0 Å². The topological polar surface area (TPSA) is 69.9 Å². The van der Waals surface area contributed by atoms with E-state index in [1.165, 1.54) is 6.92 Å². The number of carbonyl (C=O) groups is 1. The van der Waals surface area contributed by atoms with Crippen LogP contribution in [0.3, 0.4) is 0 Å². The molecule has 0 amide bonds. The molecule has 0 radical (unpaired) electrons. The summed E-state index contributed by atoms with van der Waals surface area (Å²) in [5, 5.41) is 0.341. The first kappa shape index (κ1) is 14.0. The van der Waals surface area contributed by atoms with Crippen molar-refractivity contribution in [3.05, 3.63) is 16.8 Å². The van der Waals surface area contributed by atoms with Crippen LogP contribution in [0.2, 0.25) is 10.4 Å². The Morgan fingerprint density at radius 3 is 2.89 bits per heavy atom. The summed E-state index contributed by atoms with van der Waals surface area (Å²) in [7, 11) is 0. The molecule has 0 aliphatic rings.